The van der Waals surface area contributed by atoms with E-state index < -0.39 is 11.4 Å². The van der Waals surface area contributed by atoms with E-state index in [-0.39, 0.29) is 16.8 Å². The van der Waals surface area contributed by atoms with E-state index in [1.807, 2.05) is 26.0 Å². The highest BCUT2D eigenvalue weighted by Gasteiger charge is 2.66. The van der Waals surface area contributed by atoms with E-state index in [1.54, 1.807) is 0 Å². The molecule has 0 heterocycles. The Labute approximate surface area is 267 Å². The van der Waals surface area contributed by atoms with Crippen LogP contribution in [0.3, 0.4) is 0 Å². The topological polar surface area (TPSA) is 63.6 Å². The quantitative estimate of drug-likeness (QED) is 0.349. The van der Waals surface area contributed by atoms with Gasteiger partial charge in [-0.3, -0.25) is 4.79 Å². The Kier molecular flexibility index (Phi) is 9.26. The Bertz CT molecular complexity index is 1240. The smallest absolute Gasteiger partial charge is 0.337 e. The molecular formula is C40H60O4. The second-order valence-corrected chi connectivity index (χ2v) is 16.3. The number of fused-ring (bicyclic) bond motifs is 7. The lowest BCUT2D eigenvalue weighted by Gasteiger charge is -2.68. The predicted molar refractivity (Wildman–Crippen MR) is 179 cm³/mol. The standard InChI is InChI=1S/C34H46O4.C4H8.C2H6/c1-31(2)24(21-8-10-22(11-9-21)29(35)38-5)14-18-33(4)27(31)16-19-32(3)25-15-20-34(30(36)37)17-6-7-26(34)23(25)12-13-28(32)33;1-4-2-3-4;1-2/h8-11,14,23,25-28H,6-7,12-13,15-20H2,1-5H3,(H,36,37);4H,2-3H2,1H3;1-2H3/t23?,25?,26-,27?,28?,32?,33?,34?;;/m1../s1. The number of hydrogen-bond donors (Lipinski definition) is 1. The fourth-order valence-corrected chi connectivity index (χ4v) is 11.8. The van der Waals surface area contributed by atoms with Gasteiger partial charge in [-0.25, -0.2) is 4.79 Å². The minimum Gasteiger partial charge on any atom is -0.481 e. The summed E-state index contributed by atoms with van der Waals surface area (Å²) in [7, 11) is 1.43. The molecule has 244 valence electrons. The Morgan fingerprint density at radius 1 is 0.795 bits per heavy atom. The first kappa shape index (κ1) is 33.3. The zero-order valence-electron chi connectivity index (χ0n) is 29.0. The minimum absolute atomic E-state index is 0.0500. The van der Waals surface area contributed by atoms with Crippen LogP contribution in [0.4, 0.5) is 0 Å². The Hall–Kier alpha value is -2.10. The fourth-order valence-electron chi connectivity index (χ4n) is 11.8. The van der Waals surface area contributed by atoms with Gasteiger partial charge in [-0.1, -0.05) is 85.9 Å². The number of hydrogen-bond acceptors (Lipinski definition) is 3. The van der Waals surface area contributed by atoms with Crippen LogP contribution < -0.4 is 0 Å². The van der Waals surface area contributed by atoms with Crippen LogP contribution in [-0.4, -0.2) is 24.2 Å². The number of rotatable bonds is 3. The van der Waals surface area contributed by atoms with Crippen LogP contribution >= 0.6 is 0 Å². The van der Waals surface area contributed by atoms with Crippen molar-refractivity contribution in [1.82, 2.24) is 0 Å². The van der Waals surface area contributed by atoms with E-state index in [9.17, 15) is 14.7 Å². The number of carbonyl (C=O) groups is 2. The molecule has 0 amide bonds. The van der Waals surface area contributed by atoms with Crippen LogP contribution in [-0.2, 0) is 9.53 Å². The second kappa shape index (κ2) is 12.3. The van der Waals surface area contributed by atoms with Crippen molar-refractivity contribution in [2.75, 3.05) is 7.11 Å². The molecule has 6 aliphatic rings. The van der Waals surface area contributed by atoms with Crippen molar-refractivity contribution in [3.63, 3.8) is 0 Å². The maximum Gasteiger partial charge on any atom is 0.337 e. The van der Waals surface area contributed by atoms with Crippen molar-refractivity contribution in [2.24, 2.45) is 57.2 Å². The summed E-state index contributed by atoms with van der Waals surface area (Å²) in [5.41, 5.74) is 3.43. The molecule has 7 rings (SSSR count). The van der Waals surface area contributed by atoms with Crippen molar-refractivity contribution in [1.29, 1.82) is 0 Å². The lowest BCUT2D eigenvalue weighted by Crippen LogP contribution is -2.61. The average molecular weight is 605 g/mol. The Balaban J connectivity index is 0.000000583. The van der Waals surface area contributed by atoms with Gasteiger partial charge in [0.25, 0.3) is 0 Å². The number of esters is 1. The molecule has 6 aliphatic carbocycles. The molecule has 5 saturated carbocycles. The molecule has 0 aliphatic heterocycles. The molecule has 0 saturated heterocycles. The van der Waals surface area contributed by atoms with Crippen molar-refractivity contribution in [3.05, 3.63) is 41.5 Å². The summed E-state index contributed by atoms with van der Waals surface area (Å²) in [5, 5.41) is 10.3. The lowest BCUT2D eigenvalue weighted by molar-refractivity contribution is -0.187. The van der Waals surface area contributed by atoms with Crippen LogP contribution in [0.15, 0.2) is 30.3 Å². The molecule has 8 atom stereocenters. The molecule has 1 aromatic carbocycles. The average Bonchev–Trinajstić information content (AvgIpc) is 3.65. The molecule has 44 heavy (non-hydrogen) atoms. The molecule has 4 nitrogen and oxygen atoms in total. The predicted octanol–water partition coefficient (Wildman–Crippen LogP) is 10.5. The number of carbonyl (C=O) groups excluding carboxylic acids is 1. The summed E-state index contributed by atoms with van der Waals surface area (Å²) in [5.74, 6) is 3.25. The monoisotopic (exact) mass is 604 g/mol. The van der Waals surface area contributed by atoms with E-state index >= 15 is 0 Å². The maximum atomic E-state index is 12.5. The van der Waals surface area contributed by atoms with Crippen molar-refractivity contribution < 1.29 is 19.4 Å². The second-order valence-electron chi connectivity index (χ2n) is 16.3. The van der Waals surface area contributed by atoms with Gasteiger partial charge < -0.3 is 9.84 Å². The molecule has 4 heteroatoms. The first-order valence-electron chi connectivity index (χ1n) is 18.0. The van der Waals surface area contributed by atoms with Crippen LogP contribution in [0.2, 0.25) is 0 Å². The van der Waals surface area contributed by atoms with Gasteiger partial charge in [0, 0.05) is 0 Å². The molecule has 7 unspecified atom stereocenters. The van der Waals surface area contributed by atoms with E-state index in [0.717, 1.165) is 44.4 Å². The number of allylic oxidation sites excluding steroid dienone is 2. The molecular weight excluding hydrogens is 544 g/mol. The summed E-state index contributed by atoms with van der Waals surface area (Å²) < 4.78 is 4.90. The Morgan fingerprint density at radius 2 is 1.45 bits per heavy atom. The van der Waals surface area contributed by atoms with Gasteiger partial charge in [0.15, 0.2) is 0 Å². The van der Waals surface area contributed by atoms with Gasteiger partial charge in [-0.2, -0.15) is 0 Å². The number of aliphatic carboxylic acids is 1. The SMILES string of the molecule is CC.CC1CC1.COC(=O)c1ccc(C2=CCC3(C)C(CCC4(C)C5CCC6(C(=O)O)CCC[C@@H]6C5CCC43)C2(C)C)cc1. The molecule has 5 fully saturated rings. The molecule has 0 spiro atoms. The van der Waals surface area contributed by atoms with Crippen molar-refractivity contribution >= 4 is 17.5 Å². The van der Waals surface area contributed by atoms with Crippen LogP contribution in [0.5, 0.6) is 0 Å². The number of ether oxygens (including phenoxy) is 1. The number of carboxylic acid groups (broad SMARTS) is 1. The molecule has 0 aromatic heterocycles. The van der Waals surface area contributed by atoms with Gasteiger partial charge >= 0.3 is 11.9 Å². The van der Waals surface area contributed by atoms with Crippen molar-refractivity contribution in [2.45, 2.75) is 126 Å². The first-order valence-corrected chi connectivity index (χ1v) is 18.0. The first-order chi connectivity index (χ1) is 20.9. The van der Waals surface area contributed by atoms with Crippen LogP contribution in [0, 0.1) is 57.2 Å². The van der Waals surface area contributed by atoms with Crippen molar-refractivity contribution in [3.8, 4) is 0 Å². The highest BCUT2D eigenvalue weighted by atomic mass is 16.5. The van der Waals surface area contributed by atoms with Gasteiger partial charge in [0.1, 0.15) is 0 Å². The van der Waals surface area contributed by atoms with E-state index in [4.69, 9.17) is 4.74 Å². The summed E-state index contributed by atoms with van der Waals surface area (Å²) in [6.45, 7) is 16.4. The van der Waals surface area contributed by atoms with Crippen LogP contribution in [0.1, 0.15) is 141 Å². The summed E-state index contributed by atoms with van der Waals surface area (Å²) in [4.78, 5) is 24.5. The Morgan fingerprint density at radius 3 is 2.05 bits per heavy atom. The zero-order chi connectivity index (χ0) is 32.1. The maximum absolute atomic E-state index is 12.5. The molecule has 1 aromatic rings. The number of carboxylic acids is 1. The van der Waals surface area contributed by atoms with Gasteiger partial charge in [-0.15, -0.1) is 0 Å². The number of benzene rings is 1. The summed E-state index contributed by atoms with van der Waals surface area (Å²) in [6, 6.07) is 7.99. The van der Waals surface area contributed by atoms with E-state index in [1.165, 1.54) is 56.8 Å². The summed E-state index contributed by atoms with van der Waals surface area (Å²) >= 11 is 0. The molecule has 1 N–H and O–H groups in total. The lowest BCUT2D eigenvalue weighted by atomic mass is 9.36. The highest BCUT2D eigenvalue weighted by Crippen LogP contribution is 2.73. The van der Waals surface area contributed by atoms with Gasteiger partial charge in [0.2, 0.25) is 0 Å². The molecule has 0 radical (unpaired) electrons. The number of methoxy groups -OCH3 is 1. The summed E-state index contributed by atoms with van der Waals surface area (Å²) in [6.07, 6.45) is 16.7. The fraction of sp³-hybridized carbons (Fsp3) is 0.750. The third-order valence-corrected chi connectivity index (χ3v) is 14.0. The third kappa shape index (κ3) is 5.28. The zero-order valence-corrected chi connectivity index (χ0v) is 29.0. The van der Waals surface area contributed by atoms with Gasteiger partial charge in [0.05, 0.1) is 18.1 Å². The minimum atomic E-state index is -0.507. The van der Waals surface area contributed by atoms with Gasteiger partial charge in [-0.05, 0) is 133 Å². The third-order valence-electron chi connectivity index (χ3n) is 14.0. The largest absolute Gasteiger partial charge is 0.481 e. The van der Waals surface area contributed by atoms with E-state index in [2.05, 4.69) is 52.8 Å². The van der Waals surface area contributed by atoms with E-state index in [0.29, 0.717) is 40.6 Å². The highest BCUT2D eigenvalue weighted by molar-refractivity contribution is 5.90. The normalized spacial score (nSPS) is 39.7. The molecule has 0 bridgehead atoms. The van der Waals surface area contributed by atoms with Crippen LogP contribution in [0.25, 0.3) is 5.57 Å².